The highest BCUT2D eigenvalue weighted by molar-refractivity contribution is 7.14. The molecule has 0 aliphatic carbocycles. The number of hydrogen-bond acceptors (Lipinski definition) is 6. The molecule has 0 saturated carbocycles. The highest BCUT2D eigenvalue weighted by atomic mass is 32.1. The molecule has 0 spiro atoms. The van der Waals surface area contributed by atoms with Crippen molar-refractivity contribution in [3.8, 4) is 11.4 Å². The van der Waals surface area contributed by atoms with E-state index in [1.165, 1.54) is 11.3 Å². The van der Waals surface area contributed by atoms with E-state index in [2.05, 4.69) is 25.9 Å². The minimum atomic E-state index is -0.791. The first kappa shape index (κ1) is 18.8. The summed E-state index contributed by atoms with van der Waals surface area (Å²) < 4.78 is 0. The van der Waals surface area contributed by atoms with E-state index in [0.717, 1.165) is 5.69 Å². The van der Waals surface area contributed by atoms with Crippen LogP contribution < -0.4 is 16.0 Å². The van der Waals surface area contributed by atoms with Crippen LogP contribution in [0, 0.1) is 0 Å². The summed E-state index contributed by atoms with van der Waals surface area (Å²) in [6.07, 6.45) is 1.92. The van der Waals surface area contributed by atoms with E-state index in [-0.39, 0.29) is 30.6 Å². The molecule has 1 aliphatic rings. The smallest absolute Gasteiger partial charge is 0.254 e. The maximum Gasteiger partial charge on any atom is 0.254 e. The number of thiazole rings is 1. The van der Waals surface area contributed by atoms with Crippen LogP contribution in [0.3, 0.4) is 0 Å². The lowest BCUT2D eigenvalue weighted by Crippen LogP contribution is -2.41. The molecule has 1 unspecified atom stereocenters. The third kappa shape index (κ3) is 4.30. The maximum atomic E-state index is 12.4. The number of carbonyl (C=O) groups is 3. The van der Waals surface area contributed by atoms with Gasteiger partial charge in [-0.15, -0.1) is 11.3 Å². The van der Waals surface area contributed by atoms with Gasteiger partial charge in [-0.05, 0) is 30.7 Å². The standard InChI is InChI=1S/C20H17N5O3S/c26-17(25-20-24-16(11-29-20)14-7-3-4-10-21-14)9-8-15-19(28)22-13-6-2-1-5-12(13)18(27)23-15/h1-7,10-11,15H,8-9H2,(H,22,28)(H,23,27)(H,24,25,26). The highest BCUT2D eigenvalue weighted by Crippen LogP contribution is 2.23. The number of carbonyl (C=O) groups excluding carboxylic acids is 3. The number of nitrogens with one attached hydrogen (secondary N) is 3. The third-order valence-corrected chi connectivity index (χ3v) is 5.15. The van der Waals surface area contributed by atoms with Gasteiger partial charge in [0.05, 0.1) is 16.9 Å². The number of hydrogen-bond donors (Lipinski definition) is 3. The van der Waals surface area contributed by atoms with E-state index in [1.807, 2.05) is 23.6 Å². The fourth-order valence-electron chi connectivity index (χ4n) is 2.94. The number of benzene rings is 1. The number of anilines is 2. The number of nitrogens with zero attached hydrogens (tertiary/aromatic N) is 2. The van der Waals surface area contributed by atoms with Gasteiger partial charge in [-0.1, -0.05) is 18.2 Å². The molecule has 0 radical (unpaired) electrons. The van der Waals surface area contributed by atoms with Crippen LogP contribution in [0.5, 0.6) is 0 Å². The zero-order chi connectivity index (χ0) is 20.2. The molecule has 0 fully saturated rings. The lowest BCUT2D eigenvalue weighted by Gasteiger charge is -2.13. The first-order valence-electron chi connectivity index (χ1n) is 8.98. The summed E-state index contributed by atoms with van der Waals surface area (Å²) in [6, 6.07) is 11.5. The van der Waals surface area contributed by atoms with Gasteiger partial charge in [0.25, 0.3) is 5.91 Å². The van der Waals surface area contributed by atoms with Gasteiger partial charge in [0.2, 0.25) is 11.8 Å². The fourth-order valence-corrected chi connectivity index (χ4v) is 3.66. The number of amides is 3. The van der Waals surface area contributed by atoms with Crippen molar-refractivity contribution in [2.75, 3.05) is 10.6 Å². The Morgan fingerprint density at radius 2 is 1.93 bits per heavy atom. The van der Waals surface area contributed by atoms with E-state index in [0.29, 0.717) is 22.1 Å². The fraction of sp³-hybridized carbons (Fsp3) is 0.150. The molecule has 1 aromatic carbocycles. The zero-order valence-corrected chi connectivity index (χ0v) is 16.0. The number of fused-ring (bicyclic) bond motifs is 1. The summed E-state index contributed by atoms with van der Waals surface area (Å²) in [5.74, 6) is -0.970. The van der Waals surface area contributed by atoms with Gasteiger partial charge in [-0.2, -0.15) is 0 Å². The Morgan fingerprint density at radius 1 is 1.10 bits per heavy atom. The Balaban J connectivity index is 1.35. The molecule has 146 valence electrons. The van der Waals surface area contributed by atoms with Gasteiger partial charge in [0.1, 0.15) is 11.7 Å². The number of aromatic nitrogens is 2. The van der Waals surface area contributed by atoms with Crippen molar-refractivity contribution in [2.45, 2.75) is 18.9 Å². The van der Waals surface area contributed by atoms with E-state index in [9.17, 15) is 14.4 Å². The van der Waals surface area contributed by atoms with E-state index < -0.39 is 6.04 Å². The summed E-state index contributed by atoms with van der Waals surface area (Å²) in [4.78, 5) is 45.6. The summed E-state index contributed by atoms with van der Waals surface area (Å²) in [5.41, 5.74) is 2.27. The molecule has 29 heavy (non-hydrogen) atoms. The molecular formula is C20H17N5O3S. The second kappa shape index (κ2) is 8.19. The molecule has 1 aliphatic heterocycles. The summed E-state index contributed by atoms with van der Waals surface area (Å²) in [5, 5.41) is 10.4. The van der Waals surface area contributed by atoms with Crippen LogP contribution in [0.25, 0.3) is 11.4 Å². The maximum absolute atomic E-state index is 12.4. The Labute approximate surface area is 170 Å². The quantitative estimate of drug-likeness (QED) is 0.602. The number of para-hydroxylation sites is 1. The largest absolute Gasteiger partial charge is 0.340 e. The van der Waals surface area contributed by atoms with Crippen LogP contribution in [0.2, 0.25) is 0 Å². The Kier molecular flexibility index (Phi) is 5.30. The van der Waals surface area contributed by atoms with Gasteiger partial charge in [0, 0.05) is 18.0 Å². The van der Waals surface area contributed by atoms with Crippen LogP contribution in [0.1, 0.15) is 23.2 Å². The summed E-state index contributed by atoms with van der Waals surface area (Å²) in [7, 11) is 0. The first-order valence-corrected chi connectivity index (χ1v) is 9.85. The van der Waals surface area contributed by atoms with Crippen LogP contribution in [0.4, 0.5) is 10.8 Å². The van der Waals surface area contributed by atoms with Crippen molar-refractivity contribution < 1.29 is 14.4 Å². The summed E-state index contributed by atoms with van der Waals surface area (Å²) in [6.45, 7) is 0. The molecule has 0 saturated heterocycles. The average molecular weight is 407 g/mol. The molecule has 3 aromatic rings. The second-order valence-electron chi connectivity index (χ2n) is 6.40. The molecule has 8 nitrogen and oxygen atoms in total. The van der Waals surface area contributed by atoms with Crippen molar-refractivity contribution in [1.29, 1.82) is 0 Å². The van der Waals surface area contributed by atoms with Crippen molar-refractivity contribution in [3.05, 3.63) is 59.6 Å². The Hall–Kier alpha value is -3.59. The molecule has 3 N–H and O–H groups in total. The molecule has 0 bridgehead atoms. The lowest BCUT2D eigenvalue weighted by molar-refractivity contribution is -0.118. The van der Waals surface area contributed by atoms with Crippen molar-refractivity contribution in [2.24, 2.45) is 0 Å². The molecule has 4 rings (SSSR count). The molecule has 1 atom stereocenters. The zero-order valence-electron chi connectivity index (χ0n) is 15.2. The van der Waals surface area contributed by atoms with Crippen molar-refractivity contribution >= 4 is 39.9 Å². The predicted octanol–water partition coefficient (Wildman–Crippen LogP) is 2.67. The normalized spacial score (nSPS) is 15.7. The van der Waals surface area contributed by atoms with Gasteiger partial charge >= 0.3 is 0 Å². The Morgan fingerprint density at radius 3 is 2.76 bits per heavy atom. The van der Waals surface area contributed by atoms with Gasteiger partial charge in [-0.25, -0.2) is 4.98 Å². The first-order chi connectivity index (χ1) is 14.1. The van der Waals surface area contributed by atoms with Crippen LogP contribution in [-0.2, 0) is 9.59 Å². The number of pyridine rings is 1. The van der Waals surface area contributed by atoms with E-state index >= 15 is 0 Å². The molecule has 9 heteroatoms. The average Bonchev–Trinajstić information content (AvgIpc) is 3.15. The van der Waals surface area contributed by atoms with Gasteiger partial charge < -0.3 is 16.0 Å². The Bertz CT molecular complexity index is 1070. The van der Waals surface area contributed by atoms with Crippen LogP contribution >= 0.6 is 11.3 Å². The summed E-state index contributed by atoms with van der Waals surface area (Å²) >= 11 is 1.30. The topological polar surface area (TPSA) is 113 Å². The molecule has 3 heterocycles. The van der Waals surface area contributed by atoms with Crippen LogP contribution in [-0.4, -0.2) is 33.7 Å². The van der Waals surface area contributed by atoms with Crippen molar-refractivity contribution in [3.63, 3.8) is 0 Å². The minimum absolute atomic E-state index is 0.0627. The van der Waals surface area contributed by atoms with Crippen molar-refractivity contribution in [1.82, 2.24) is 15.3 Å². The van der Waals surface area contributed by atoms with Gasteiger partial charge in [-0.3, -0.25) is 19.4 Å². The second-order valence-corrected chi connectivity index (χ2v) is 7.26. The number of rotatable bonds is 5. The molecule has 2 aromatic heterocycles. The van der Waals surface area contributed by atoms with Gasteiger partial charge in [0.15, 0.2) is 5.13 Å². The molecule has 3 amide bonds. The monoisotopic (exact) mass is 407 g/mol. The highest BCUT2D eigenvalue weighted by Gasteiger charge is 2.27. The van der Waals surface area contributed by atoms with Crippen LogP contribution in [0.15, 0.2) is 54.0 Å². The SMILES string of the molecule is O=C(CCC1NC(=O)c2ccccc2NC1=O)Nc1nc(-c2ccccn2)cs1. The molecular weight excluding hydrogens is 390 g/mol. The predicted molar refractivity (Wildman–Crippen MR) is 110 cm³/mol. The van der Waals surface area contributed by atoms with E-state index in [1.54, 1.807) is 30.5 Å². The minimum Gasteiger partial charge on any atom is -0.340 e. The van der Waals surface area contributed by atoms with E-state index in [4.69, 9.17) is 0 Å². The third-order valence-electron chi connectivity index (χ3n) is 4.39. The lowest BCUT2D eigenvalue weighted by atomic mass is 10.1.